The van der Waals surface area contributed by atoms with Gasteiger partial charge < -0.3 is 18.8 Å². The lowest BCUT2D eigenvalue weighted by Crippen LogP contribution is -2.19. The Kier molecular flexibility index (Phi) is 8.04. The zero-order valence-corrected chi connectivity index (χ0v) is 18.5. The molecule has 0 aliphatic carbocycles. The summed E-state index contributed by atoms with van der Waals surface area (Å²) >= 11 is 1.46. The van der Waals surface area contributed by atoms with E-state index in [1.54, 1.807) is 26.4 Å². The summed E-state index contributed by atoms with van der Waals surface area (Å²) in [6.07, 6.45) is 3.27. The Balaban J connectivity index is 1.93. The molecular weight excluding hydrogens is 400 g/mol. The minimum absolute atomic E-state index is 0.300. The van der Waals surface area contributed by atoms with Crippen molar-refractivity contribution in [2.45, 2.75) is 32.7 Å². The molecule has 1 amide bonds. The van der Waals surface area contributed by atoms with E-state index < -0.39 is 0 Å². The van der Waals surface area contributed by atoms with Crippen molar-refractivity contribution < 1.29 is 19.0 Å². The minimum atomic E-state index is -0.300. The van der Waals surface area contributed by atoms with Crippen molar-refractivity contribution in [3.63, 3.8) is 0 Å². The summed E-state index contributed by atoms with van der Waals surface area (Å²) in [7, 11) is 3.29. The van der Waals surface area contributed by atoms with Crippen LogP contribution in [0.1, 0.15) is 36.5 Å². The molecule has 3 aromatic rings. The second-order valence-electron chi connectivity index (χ2n) is 6.84. The lowest BCUT2D eigenvalue weighted by molar-refractivity contribution is 0.0997. The zero-order chi connectivity index (χ0) is 21.3. The highest BCUT2D eigenvalue weighted by molar-refractivity contribution is 7.16. The second-order valence-corrected chi connectivity index (χ2v) is 7.85. The monoisotopic (exact) mass is 428 g/mol. The number of hydrogen-bond donors (Lipinski definition) is 0. The van der Waals surface area contributed by atoms with E-state index in [0.29, 0.717) is 35.9 Å². The van der Waals surface area contributed by atoms with Crippen molar-refractivity contribution in [2.24, 2.45) is 4.99 Å². The van der Waals surface area contributed by atoms with Crippen LogP contribution in [0.3, 0.4) is 0 Å². The zero-order valence-electron chi connectivity index (χ0n) is 17.7. The molecule has 0 spiro atoms. The van der Waals surface area contributed by atoms with Gasteiger partial charge in [-0.1, -0.05) is 43.2 Å². The molecule has 7 heteroatoms. The molecule has 0 unspecified atom stereocenters. The van der Waals surface area contributed by atoms with E-state index in [-0.39, 0.29) is 5.91 Å². The van der Waals surface area contributed by atoms with Crippen molar-refractivity contribution >= 4 is 27.5 Å². The van der Waals surface area contributed by atoms with E-state index in [2.05, 4.69) is 11.9 Å². The van der Waals surface area contributed by atoms with E-state index in [1.807, 2.05) is 34.9 Å². The molecule has 0 radical (unpaired) electrons. The van der Waals surface area contributed by atoms with Gasteiger partial charge in [0.1, 0.15) is 17.0 Å². The van der Waals surface area contributed by atoms with Gasteiger partial charge in [0.05, 0.1) is 25.0 Å². The fraction of sp³-hybridized carbons (Fsp3) is 0.391. The molecule has 0 fully saturated rings. The van der Waals surface area contributed by atoms with Crippen LogP contribution in [0.4, 0.5) is 0 Å². The van der Waals surface area contributed by atoms with Crippen LogP contribution < -0.4 is 14.3 Å². The van der Waals surface area contributed by atoms with Crippen molar-refractivity contribution in [3.05, 3.63) is 52.8 Å². The highest BCUT2D eigenvalue weighted by Crippen LogP contribution is 2.27. The number of amides is 1. The quantitative estimate of drug-likeness (QED) is 0.440. The number of rotatable bonds is 10. The highest BCUT2D eigenvalue weighted by atomic mass is 32.1. The topological polar surface area (TPSA) is 62.0 Å². The number of thiazole rings is 1. The summed E-state index contributed by atoms with van der Waals surface area (Å²) < 4.78 is 19.5. The highest BCUT2D eigenvalue weighted by Gasteiger charge is 2.13. The average molecular weight is 429 g/mol. The number of fused-ring (bicyclic) bond motifs is 1. The SMILES string of the molecule is CCCCCOc1cccc(C(=O)N=c2sc3cccc(OC)c3n2CCOC)c1. The lowest BCUT2D eigenvalue weighted by Gasteiger charge is -2.08. The third-order valence-electron chi connectivity index (χ3n) is 4.70. The van der Waals surface area contributed by atoms with Crippen LogP contribution in [0.25, 0.3) is 10.2 Å². The number of unbranched alkanes of at least 4 members (excludes halogenated alkanes) is 2. The predicted molar refractivity (Wildman–Crippen MR) is 120 cm³/mol. The average Bonchev–Trinajstić information content (AvgIpc) is 3.12. The van der Waals surface area contributed by atoms with Gasteiger partial charge in [-0.3, -0.25) is 4.79 Å². The van der Waals surface area contributed by atoms with Crippen molar-refractivity contribution in [2.75, 3.05) is 27.4 Å². The molecular formula is C23H28N2O4S. The Labute approximate surface area is 180 Å². The molecule has 30 heavy (non-hydrogen) atoms. The largest absolute Gasteiger partial charge is 0.495 e. The van der Waals surface area contributed by atoms with Gasteiger partial charge in [-0.15, -0.1) is 0 Å². The molecule has 2 aromatic carbocycles. The summed E-state index contributed by atoms with van der Waals surface area (Å²) in [6, 6.07) is 13.0. The minimum Gasteiger partial charge on any atom is -0.495 e. The Hall–Kier alpha value is -2.64. The number of aromatic nitrogens is 1. The Morgan fingerprint density at radius 2 is 1.93 bits per heavy atom. The molecule has 3 rings (SSSR count). The molecule has 1 heterocycles. The third kappa shape index (κ3) is 5.29. The van der Waals surface area contributed by atoms with Gasteiger partial charge in [0, 0.05) is 19.2 Å². The molecule has 6 nitrogen and oxygen atoms in total. The molecule has 0 saturated carbocycles. The van der Waals surface area contributed by atoms with E-state index in [9.17, 15) is 4.79 Å². The Bertz CT molecular complexity index is 1050. The van der Waals surface area contributed by atoms with E-state index in [0.717, 1.165) is 35.2 Å². The summed E-state index contributed by atoms with van der Waals surface area (Å²) in [5, 5.41) is 0. The van der Waals surface area contributed by atoms with Crippen LogP contribution in [0.15, 0.2) is 47.5 Å². The van der Waals surface area contributed by atoms with Gasteiger partial charge in [0.25, 0.3) is 5.91 Å². The molecule has 1 aromatic heterocycles. The van der Waals surface area contributed by atoms with Gasteiger partial charge in [-0.2, -0.15) is 4.99 Å². The van der Waals surface area contributed by atoms with E-state index in [4.69, 9.17) is 14.2 Å². The predicted octanol–water partition coefficient (Wildman–Crippen LogP) is 4.67. The third-order valence-corrected chi connectivity index (χ3v) is 5.74. The number of carbonyl (C=O) groups is 1. The molecule has 0 N–H and O–H groups in total. The fourth-order valence-corrected chi connectivity index (χ4v) is 4.22. The normalized spacial score (nSPS) is 11.8. The number of nitrogens with zero attached hydrogens (tertiary/aromatic N) is 2. The van der Waals surface area contributed by atoms with Gasteiger partial charge >= 0.3 is 0 Å². The van der Waals surface area contributed by atoms with Crippen molar-refractivity contribution in [3.8, 4) is 11.5 Å². The first-order chi connectivity index (χ1) is 14.7. The first-order valence-corrected chi connectivity index (χ1v) is 11.0. The molecule has 0 aliphatic rings. The number of carbonyl (C=O) groups excluding carboxylic acids is 1. The molecule has 0 bridgehead atoms. The van der Waals surface area contributed by atoms with E-state index >= 15 is 0 Å². The number of benzene rings is 2. The fourth-order valence-electron chi connectivity index (χ4n) is 3.15. The summed E-state index contributed by atoms with van der Waals surface area (Å²) in [6.45, 7) is 3.88. The smallest absolute Gasteiger partial charge is 0.279 e. The Morgan fingerprint density at radius 3 is 2.70 bits per heavy atom. The standard InChI is InChI=1S/C23H28N2O4S/c1-4-5-6-14-29-18-10-7-9-17(16-18)22(26)24-23-25(13-15-27-2)21-19(28-3)11-8-12-20(21)30-23/h7-12,16H,4-6,13-15H2,1-3H3. The van der Waals surface area contributed by atoms with Crippen LogP contribution in [0.2, 0.25) is 0 Å². The van der Waals surface area contributed by atoms with Gasteiger partial charge in [-0.05, 0) is 36.8 Å². The van der Waals surface area contributed by atoms with Crippen LogP contribution in [0.5, 0.6) is 11.5 Å². The maximum absolute atomic E-state index is 12.9. The van der Waals surface area contributed by atoms with Gasteiger partial charge in [0.15, 0.2) is 4.80 Å². The van der Waals surface area contributed by atoms with Crippen molar-refractivity contribution in [1.29, 1.82) is 0 Å². The van der Waals surface area contributed by atoms with E-state index in [1.165, 1.54) is 11.3 Å². The molecule has 0 atom stereocenters. The maximum atomic E-state index is 12.9. The van der Waals surface area contributed by atoms with Crippen LogP contribution in [-0.4, -0.2) is 37.9 Å². The summed E-state index contributed by atoms with van der Waals surface area (Å²) in [5.74, 6) is 1.14. The molecule has 0 saturated heterocycles. The Morgan fingerprint density at radius 1 is 1.10 bits per heavy atom. The maximum Gasteiger partial charge on any atom is 0.279 e. The lowest BCUT2D eigenvalue weighted by atomic mass is 10.2. The van der Waals surface area contributed by atoms with Crippen LogP contribution >= 0.6 is 11.3 Å². The molecule has 0 aliphatic heterocycles. The number of ether oxygens (including phenoxy) is 3. The van der Waals surface area contributed by atoms with Gasteiger partial charge in [-0.25, -0.2) is 0 Å². The number of para-hydroxylation sites is 1. The van der Waals surface area contributed by atoms with Gasteiger partial charge in [0.2, 0.25) is 0 Å². The van der Waals surface area contributed by atoms with Crippen LogP contribution in [-0.2, 0) is 11.3 Å². The first kappa shape index (κ1) is 22.1. The van der Waals surface area contributed by atoms with Crippen LogP contribution in [0, 0.1) is 0 Å². The molecule has 160 valence electrons. The second kappa shape index (κ2) is 10.9. The number of methoxy groups -OCH3 is 2. The summed E-state index contributed by atoms with van der Waals surface area (Å²) in [5.41, 5.74) is 1.42. The number of hydrogen-bond acceptors (Lipinski definition) is 5. The summed E-state index contributed by atoms with van der Waals surface area (Å²) in [4.78, 5) is 17.9. The first-order valence-electron chi connectivity index (χ1n) is 10.1. The van der Waals surface area contributed by atoms with Crippen molar-refractivity contribution in [1.82, 2.24) is 4.57 Å².